The zero-order valence-corrected chi connectivity index (χ0v) is 11.8. The average molecular weight is 292 g/mol. The van der Waals surface area contributed by atoms with Crippen molar-refractivity contribution in [1.82, 2.24) is 15.1 Å². The number of fused-ring (bicyclic) bond motifs is 1. The van der Waals surface area contributed by atoms with Gasteiger partial charge in [-0.25, -0.2) is 9.18 Å². The molecule has 0 unspecified atom stereocenters. The molecule has 1 aliphatic heterocycles. The van der Waals surface area contributed by atoms with Gasteiger partial charge in [0.05, 0.1) is 12.1 Å². The number of rotatable bonds is 2. The molecule has 0 saturated carbocycles. The Bertz CT molecular complexity index is 664. The lowest BCUT2D eigenvalue weighted by molar-refractivity contribution is 0.151. The van der Waals surface area contributed by atoms with Gasteiger partial charge in [-0.15, -0.1) is 5.10 Å². The topological polar surface area (TPSA) is 59.4 Å². The van der Waals surface area contributed by atoms with Crippen molar-refractivity contribution in [3.8, 4) is 0 Å². The quantitative estimate of drug-likeness (QED) is 0.911. The highest BCUT2D eigenvalue weighted by atomic mass is 19.1. The second kappa shape index (κ2) is 5.69. The van der Waals surface area contributed by atoms with Crippen LogP contribution in [0.5, 0.6) is 0 Å². The van der Waals surface area contributed by atoms with Crippen molar-refractivity contribution in [3.63, 3.8) is 0 Å². The first-order valence-electron chi connectivity index (χ1n) is 7.02. The molecule has 112 valence electrons. The molecule has 1 aliphatic rings. The van der Waals surface area contributed by atoms with E-state index >= 15 is 0 Å². The number of nitrogens with zero attached hydrogens (tertiary/aromatic N) is 3. The summed E-state index contributed by atoms with van der Waals surface area (Å²) in [6, 6.07) is 4.35. The fourth-order valence-corrected chi connectivity index (χ4v) is 2.51. The highest BCUT2D eigenvalue weighted by Crippen LogP contribution is 2.27. The lowest BCUT2D eigenvalue weighted by Crippen LogP contribution is -2.43. The molecule has 2 heterocycles. The third kappa shape index (κ3) is 2.56. The van der Waals surface area contributed by atoms with Crippen molar-refractivity contribution in [1.29, 1.82) is 0 Å². The average Bonchev–Trinajstić information content (AvgIpc) is 2.87. The Hall–Kier alpha value is -2.15. The number of aromatic nitrogens is 2. The number of piperazine rings is 1. The van der Waals surface area contributed by atoms with Crippen molar-refractivity contribution < 1.29 is 13.9 Å². The zero-order chi connectivity index (χ0) is 14.8. The van der Waals surface area contributed by atoms with Gasteiger partial charge in [0.25, 0.3) is 0 Å². The molecule has 0 amide bonds. The van der Waals surface area contributed by atoms with Crippen molar-refractivity contribution in [2.45, 2.75) is 6.92 Å². The molecule has 3 rings (SSSR count). The standard InChI is InChI=1S/C14H17FN4O2/c1-2-21-14(20)19-12-9-10(15)3-4-11(12)13(17-19)18-7-5-16-6-8-18/h3-4,9,16H,2,5-8H2,1H3. The van der Waals surface area contributed by atoms with E-state index in [1.165, 1.54) is 12.1 Å². The first-order chi connectivity index (χ1) is 10.2. The lowest BCUT2D eigenvalue weighted by atomic mass is 10.2. The molecule has 6 nitrogen and oxygen atoms in total. The molecular formula is C14H17FN4O2. The lowest BCUT2D eigenvalue weighted by Gasteiger charge is -2.27. The predicted molar refractivity (Wildman–Crippen MR) is 77.2 cm³/mol. The normalized spacial score (nSPS) is 15.4. The second-order valence-corrected chi connectivity index (χ2v) is 4.83. The summed E-state index contributed by atoms with van der Waals surface area (Å²) in [5.41, 5.74) is 0.432. The summed E-state index contributed by atoms with van der Waals surface area (Å²) in [5.74, 6) is 0.291. The van der Waals surface area contributed by atoms with Gasteiger partial charge in [-0.1, -0.05) is 0 Å². The van der Waals surface area contributed by atoms with Crippen molar-refractivity contribution in [2.24, 2.45) is 0 Å². The summed E-state index contributed by atoms with van der Waals surface area (Å²) in [7, 11) is 0. The Morgan fingerprint density at radius 1 is 1.43 bits per heavy atom. The van der Waals surface area contributed by atoms with Crippen LogP contribution in [-0.2, 0) is 4.74 Å². The third-order valence-corrected chi connectivity index (χ3v) is 3.48. The first kappa shape index (κ1) is 13.8. The van der Waals surface area contributed by atoms with Gasteiger partial charge < -0.3 is 15.0 Å². The Kier molecular flexibility index (Phi) is 3.74. The van der Waals surface area contributed by atoms with Crippen LogP contribution in [0.25, 0.3) is 10.9 Å². The molecule has 1 aromatic carbocycles. The number of anilines is 1. The second-order valence-electron chi connectivity index (χ2n) is 4.83. The Labute approximate surface area is 121 Å². The van der Waals surface area contributed by atoms with E-state index in [1.54, 1.807) is 13.0 Å². The van der Waals surface area contributed by atoms with E-state index in [1.807, 2.05) is 0 Å². The smallest absolute Gasteiger partial charge is 0.435 e. The van der Waals surface area contributed by atoms with Crippen LogP contribution in [0.15, 0.2) is 18.2 Å². The Morgan fingerprint density at radius 3 is 2.90 bits per heavy atom. The number of benzene rings is 1. The van der Waals surface area contributed by atoms with Crippen LogP contribution in [0.4, 0.5) is 15.0 Å². The number of ether oxygens (including phenoxy) is 1. The van der Waals surface area contributed by atoms with Gasteiger partial charge in [-0.05, 0) is 19.1 Å². The Balaban J connectivity index is 2.09. The number of carbonyl (C=O) groups is 1. The minimum atomic E-state index is -0.588. The van der Waals surface area contributed by atoms with Gasteiger partial charge in [0, 0.05) is 37.6 Å². The summed E-state index contributed by atoms with van der Waals surface area (Å²) < 4.78 is 19.6. The molecule has 7 heteroatoms. The monoisotopic (exact) mass is 292 g/mol. The SMILES string of the molecule is CCOC(=O)n1nc(N2CCNCC2)c2ccc(F)cc21. The van der Waals surface area contributed by atoms with Gasteiger partial charge in [0.2, 0.25) is 0 Å². The summed E-state index contributed by atoms with van der Waals surface area (Å²) in [6.45, 7) is 5.28. The van der Waals surface area contributed by atoms with E-state index < -0.39 is 11.9 Å². The van der Waals surface area contributed by atoms with Gasteiger partial charge in [0.1, 0.15) is 5.82 Å². The molecule has 0 bridgehead atoms. The molecule has 0 aliphatic carbocycles. The van der Waals surface area contributed by atoms with Gasteiger partial charge >= 0.3 is 6.09 Å². The minimum absolute atomic E-state index is 0.248. The van der Waals surface area contributed by atoms with Crippen LogP contribution in [0.3, 0.4) is 0 Å². The Morgan fingerprint density at radius 2 is 2.19 bits per heavy atom. The summed E-state index contributed by atoms with van der Waals surface area (Å²) in [6.07, 6.45) is -0.588. The number of nitrogens with one attached hydrogen (secondary N) is 1. The maximum Gasteiger partial charge on any atom is 0.435 e. The highest BCUT2D eigenvalue weighted by Gasteiger charge is 2.22. The first-order valence-corrected chi connectivity index (χ1v) is 7.02. The van der Waals surface area contributed by atoms with Crippen LogP contribution in [0.2, 0.25) is 0 Å². The molecule has 0 radical (unpaired) electrons. The molecule has 1 saturated heterocycles. The van der Waals surface area contributed by atoms with E-state index in [0.29, 0.717) is 11.3 Å². The maximum atomic E-state index is 13.5. The van der Waals surface area contributed by atoms with E-state index in [2.05, 4.69) is 15.3 Å². The van der Waals surface area contributed by atoms with E-state index in [0.717, 1.165) is 36.2 Å². The predicted octanol–water partition coefficient (Wildman–Crippen LogP) is 1.59. The van der Waals surface area contributed by atoms with Crippen LogP contribution in [-0.4, -0.2) is 48.7 Å². The van der Waals surface area contributed by atoms with Crippen LogP contribution in [0.1, 0.15) is 6.92 Å². The van der Waals surface area contributed by atoms with E-state index in [4.69, 9.17) is 4.74 Å². The fourth-order valence-electron chi connectivity index (χ4n) is 2.51. The van der Waals surface area contributed by atoms with Crippen molar-refractivity contribution in [3.05, 3.63) is 24.0 Å². The fraction of sp³-hybridized carbons (Fsp3) is 0.429. The third-order valence-electron chi connectivity index (χ3n) is 3.48. The summed E-state index contributed by atoms with van der Waals surface area (Å²) >= 11 is 0. The largest absolute Gasteiger partial charge is 0.448 e. The highest BCUT2D eigenvalue weighted by molar-refractivity contribution is 5.95. The molecule has 0 spiro atoms. The van der Waals surface area contributed by atoms with Crippen LogP contribution >= 0.6 is 0 Å². The maximum absolute atomic E-state index is 13.5. The molecular weight excluding hydrogens is 275 g/mol. The number of carbonyl (C=O) groups excluding carboxylic acids is 1. The van der Waals surface area contributed by atoms with Crippen LogP contribution < -0.4 is 10.2 Å². The van der Waals surface area contributed by atoms with Gasteiger partial charge in [-0.3, -0.25) is 0 Å². The summed E-state index contributed by atoms with van der Waals surface area (Å²) in [4.78, 5) is 14.1. The molecule has 21 heavy (non-hydrogen) atoms. The van der Waals surface area contributed by atoms with Crippen molar-refractivity contribution >= 4 is 22.8 Å². The molecule has 2 aromatic rings. The van der Waals surface area contributed by atoms with Gasteiger partial charge in [-0.2, -0.15) is 4.68 Å². The van der Waals surface area contributed by atoms with E-state index in [-0.39, 0.29) is 6.61 Å². The molecule has 1 fully saturated rings. The number of hydrogen-bond acceptors (Lipinski definition) is 5. The summed E-state index contributed by atoms with van der Waals surface area (Å²) in [5, 5.41) is 8.37. The minimum Gasteiger partial charge on any atom is -0.448 e. The van der Waals surface area contributed by atoms with Crippen LogP contribution in [0, 0.1) is 5.82 Å². The molecule has 1 aromatic heterocycles. The molecule has 1 N–H and O–H groups in total. The van der Waals surface area contributed by atoms with E-state index in [9.17, 15) is 9.18 Å². The number of hydrogen-bond donors (Lipinski definition) is 1. The number of halogens is 1. The van der Waals surface area contributed by atoms with Crippen molar-refractivity contribution in [2.75, 3.05) is 37.7 Å². The molecule has 0 atom stereocenters. The van der Waals surface area contributed by atoms with Gasteiger partial charge in [0.15, 0.2) is 5.82 Å². The zero-order valence-electron chi connectivity index (χ0n) is 11.8.